The van der Waals surface area contributed by atoms with Gasteiger partial charge in [0.25, 0.3) is 0 Å². The third kappa shape index (κ3) is 4.72. The number of carbonyl (C=O) groups is 1. The van der Waals surface area contributed by atoms with Crippen LogP contribution in [0.25, 0.3) is 0 Å². The summed E-state index contributed by atoms with van der Waals surface area (Å²) < 4.78 is 36.6. The molecule has 0 N–H and O–H groups in total. The molecule has 3 heterocycles. The van der Waals surface area contributed by atoms with E-state index in [0.717, 1.165) is 19.3 Å². The number of piperidine rings is 2. The average molecular weight is 415 g/mol. The van der Waals surface area contributed by atoms with Crippen LogP contribution in [0.3, 0.4) is 0 Å². The van der Waals surface area contributed by atoms with Crippen molar-refractivity contribution < 1.29 is 22.4 Å². The van der Waals surface area contributed by atoms with Gasteiger partial charge in [0.05, 0.1) is 18.8 Å². The molecule has 0 unspecified atom stereocenters. The molecular weight excluding hydrogens is 384 g/mol. The van der Waals surface area contributed by atoms with E-state index in [9.17, 15) is 13.2 Å². The van der Waals surface area contributed by atoms with E-state index in [2.05, 4.69) is 10.2 Å². The van der Waals surface area contributed by atoms with E-state index >= 15 is 0 Å². The summed E-state index contributed by atoms with van der Waals surface area (Å²) in [4.78, 5) is 14.3. The molecule has 0 saturated carbocycles. The van der Waals surface area contributed by atoms with Gasteiger partial charge in [0, 0.05) is 32.7 Å². The molecule has 1 aromatic rings. The molecule has 1 amide bonds. The third-order valence-corrected chi connectivity index (χ3v) is 7.53. The number of ether oxygens (including phenoxy) is 1. The second kappa shape index (κ2) is 9.32. The monoisotopic (exact) mass is 414 g/mol. The fraction of sp³-hybridized carbons (Fsp3) is 0.833. The predicted octanol–water partition coefficient (Wildman–Crippen LogP) is 1.69. The maximum atomic E-state index is 12.5. The summed E-state index contributed by atoms with van der Waals surface area (Å²) in [5.41, 5.74) is 0. The lowest BCUT2D eigenvalue weighted by Crippen LogP contribution is -2.39. The molecule has 0 aromatic carbocycles. The number of amides is 1. The molecule has 10 heteroatoms. The molecule has 158 valence electrons. The van der Waals surface area contributed by atoms with Gasteiger partial charge in [0.1, 0.15) is 6.04 Å². The maximum Gasteiger partial charge on any atom is 0.238 e. The van der Waals surface area contributed by atoms with Gasteiger partial charge >= 0.3 is 0 Å². The zero-order chi connectivity index (χ0) is 20.1. The van der Waals surface area contributed by atoms with Gasteiger partial charge in [-0.15, -0.1) is 10.2 Å². The van der Waals surface area contributed by atoms with Gasteiger partial charge in [-0.25, -0.2) is 12.7 Å². The first-order valence-corrected chi connectivity index (χ1v) is 11.7. The maximum absolute atomic E-state index is 12.5. The summed E-state index contributed by atoms with van der Waals surface area (Å²) in [7, 11) is -1.57. The number of aromatic nitrogens is 2. The zero-order valence-electron chi connectivity index (χ0n) is 16.7. The highest BCUT2D eigenvalue weighted by Crippen LogP contribution is 2.34. The Balaban J connectivity index is 1.65. The molecule has 0 aliphatic carbocycles. The standard InChI is InChI=1S/C18H30N4O5S/c1-3-28(24,25)21-11-7-14(8-12-21)17-19-20-18(27-17)15-6-4-5-10-22(15)16(23)9-13-26-2/h14-15H,3-13H2,1-2H3/t15-/m1/s1. The number of sulfonamides is 1. The van der Waals surface area contributed by atoms with Gasteiger partial charge in [-0.05, 0) is 39.0 Å². The van der Waals surface area contributed by atoms with Crippen LogP contribution in [0.15, 0.2) is 4.42 Å². The molecule has 2 saturated heterocycles. The van der Waals surface area contributed by atoms with Crippen molar-refractivity contribution in [3.8, 4) is 0 Å². The molecule has 0 radical (unpaired) electrons. The van der Waals surface area contributed by atoms with Crippen LogP contribution in [-0.4, -0.2) is 72.8 Å². The molecule has 2 fully saturated rings. The lowest BCUT2D eigenvalue weighted by Gasteiger charge is -2.33. The first-order valence-electron chi connectivity index (χ1n) is 10.1. The van der Waals surface area contributed by atoms with Crippen molar-refractivity contribution in [2.75, 3.05) is 39.1 Å². The first-order chi connectivity index (χ1) is 13.5. The number of methoxy groups -OCH3 is 1. The SMILES string of the molecule is CCS(=O)(=O)N1CCC(c2nnc([C@H]3CCCCN3C(=O)CCOC)o2)CC1. The summed E-state index contributed by atoms with van der Waals surface area (Å²) in [5.74, 6) is 1.27. The Labute approximate surface area is 166 Å². The van der Waals surface area contributed by atoms with E-state index in [0.29, 0.717) is 57.3 Å². The largest absolute Gasteiger partial charge is 0.423 e. The Kier molecular flexibility index (Phi) is 7.05. The second-order valence-corrected chi connectivity index (χ2v) is 9.65. The Morgan fingerprint density at radius 3 is 2.54 bits per heavy atom. The topological polar surface area (TPSA) is 106 Å². The minimum absolute atomic E-state index is 0.0457. The number of hydrogen-bond acceptors (Lipinski definition) is 7. The molecule has 9 nitrogen and oxygen atoms in total. The van der Waals surface area contributed by atoms with Crippen LogP contribution in [0, 0.1) is 0 Å². The summed E-state index contributed by atoms with van der Waals surface area (Å²) in [6.45, 7) is 3.71. The van der Waals surface area contributed by atoms with Crippen LogP contribution in [0.1, 0.15) is 69.2 Å². The zero-order valence-corrected chi connectivity index (χ0v) is 17.5. The molecule has 1 aromatic heterocycles. The van der Waals surface area contributed by atoms with Gasteiger partial charge < -0.3 is 14.1 Å². The van der Waals surface area contributed by atoms with Crippen molar-refractivity contribution in [3.05, 3.63) is 11.8 Å². The number of hydrogen-bond donors (Lipinski definition) is 0. The van der Waals surface area contributed by atoms with Crippen LogP contribution in [0.4, 0.5) is 0 Å². The van der Waals surface area contributed by atoms with E-state index in [1.807, 2.05) is 4.90 Å². The van der Waals surface area contributed by atoms with Crippen molar-refractivity contribution in [3.63, 3.8) is 0 Å². The van der Waals surface area contributed by atoms with Crippen LogP contribution in [0.2, 0.25) is 0 Å². The minimum atomic E-state index is -3.15. The quantitative estimate of drug-likeness (QED) is 0.668. The molecule has 0 bridgehead atoms. The Hall–Kier alpha value is -1.52. The van der Waals surface area contributed by atoms with Gasteiger partial charge in [-0.2, -0.15) is 0 Å². The molecular formula is C18H30N4O5S. The lowest BCUT2D eigenvalue weighted by atomic mass is 9.98. The van der Waals surface area contributed by atoms with E-state index in [1.54, 1.807) is 14.0 Å². The summed E-state index contributed by atoms with van der Waals surface area (Å²) in [6, 6.07) is -0.181. The predicted molar refractivity (Wildman–Crippen MR) is 102 cm³/mol. The van der Waals surface area contributed by atoms with Gasteiger partial charge in [0.2, 0.25) is 27.7 Å². The van der Waals surface area contributed by atoms with Crippen molar-refractivity contribution in [2.24, 2.45) is 0 Å². The first kappa shape index (κ1) is 21.2. The lowest BCUT2D eigenvalue weighted by molar-refractivity contribution is -0.136. The average Bonchev–Trinajstić information content (AvgIpc) is 3.22. The van der Waals surface area contributed by atoms with Crippen molar-refractivity contribution in [2.45, 2.75) is 57.4 Å². The van der Waals surface area contributed by atoms with E-state index in [4.69, 9.17) is 9.15 Å². The number of rotatable bonds is 7. The van der Waals surface area contributed by atoms with Crippen molar-refractivity contribution >= 4 is 15.9 Å². The second-order valence-electron chi connectivity index (χ2n) is 7.39. The Morgan fingerprint density at radius 1 is 1.14 bits per heavy atom. The minimum Gasteiger partial charge on any atom is -0.423 e. The summed E-state index contributed by atoms with van der Waals surface area (Å²) in [6.07, 6.45) is 4.49. The van der Waals surface area contributed by atoms with Crippen molar-refractivity contribution in [1.29, 1.82) is 0 Å². The van der Waals surface area contributed by atoms with Crippen LogP contribution >= 0.6 is 0 Å². The van der Waals surface area contributed by atoms with E-state index < -0.39 is 10.0 Å². The van der Waals surface area contributed by atoms with Crippen LogP contribution in [-0.2, 0) is 19.6 Å². The smallest absolute Gasteiger partial charge is 0.238 e. The van der Waals surface area contributed by atoms with Crippen LogP contribution in [0.5, 0.6) is 0 Å². The fourth-order valence-corrected chi connectivity index (χ4v) is 5.06. The third-order valence-electron chi connectivity index (χ3n) is 5.65. The Bertz CT molecular complexity index is 758. The highest BCUT2D eigenvalue weighted by atomic mass is 32.2. The van der Waals surface area contributed by atoms with Gasteiger partial charge in [-0.3, -0.25) is 4.79 Å². The number of carbonyl (C=O) groups excluding carboxylic acids is 1. The normalized spacial score (nSPS) is 22.5. The molecule has 3 rings (SSSR count). The highest BCUT2D eigenvalue weighted by molar-refractivity contribution is 7.89. The summed E-state index contributed by atoms with van der Waals surface area (Å²) in [5, 5.41) is 8.47. The molecule has 2 aliphatic heterocycles. The van der Waals surface area contributed by atoms with Gasteiger partial charge in [0.15, 0.2) is 0 Å². The molecule has 2 aliphatic rings. The van der Waals surface area contributed by atoms with Gasteiger partial charge in [-0.1, -0.05) is 0 Å². The highest BCUT2D eigenvalue weighted by Gasteiger charge is 2.34. The molecule has 0 spiro atoms. The van der Waals surface area contributed by atoms with E-state index in [1.165, 1.54) is 4.31 Å². The number of nitrogens with zero attached hydrogens (tertiary/aromatic N) is 4. The Morgan fingerprint density at radius 2 is 1.86 bits per heavy atom. The van der Waals surface area contributed by atoms with Crippen LogP contribution < -0.4 is 0 Å². The summed E-state index contributed by atoms with van der Waals surface area (Å²) >= 11 is 0. The fourth-order valence-electron chi connectivity index (χ4n) is 3.93. The molecule has 1 atom stereocenters. The van der Waals surface area contributed by atoms with Crippen molar-refractivity contribution in [1.82, 2.24) is 19.4 Å². The van der Waals surface area contributed by atoms with E-state index in [-0.39, 0.29) is 23.6 Å². The molecule has 28 heavy (non-hydrogen) atoms. The number of likely N-dealkylation sites (tertiary alicyclic amines) is 1.